The van der Waals surface area contributed by atoms with Crippen LogP contribution in [0.3, 0.4) is 0 Å². The molecule has 3 aliphatic heterocycles. The largest absolute Gasteiger partial charge is 0.564 e. The molecule has 9 amide bonds. The fourth-order valence-corrected chi connectivity index (χ4v) is 14.8. The second-order valence-electron chi connectivity index (χ2n) is 34.1. The van der Waals surface area contributed by atoms with Crippen LogP contribution in [-0.2, 0) is 57.4 Å². The maximum atomic E-state index is 14.2. The Morgan fingerprint density at radius 2 is 0.989 bits per heavy atom. The fraction of sp³-hybridized carbons (Fsp3) is 0.836. The summed E-state index contributed by atoms with van der Waals surface area (Å²) in [4.78, 5) is 151. The molecule has 7 fully saturated rings. The minimum absolute atomic E-state index is 0.0193. The number of ether oxygens (including phenoxy) is 3. The molecule has 25 heteroatoms. The van der Waals surface area contributed by atoms with Crippen LogP contribution in [0.4, 0.5) is 9.59 Å². The van der Waals surface area contributed by atoms with Crippen LogP contribution < -0.4 is 27.0 Å². The Bertz CT molecular complexity index is 2820. The van der Waals surface area contributed by atoms with Crippen LogP contribution >= 0.6 is 11.8 Å². The number of carbonyl (C=O) groups is 11. The van der Waals surface area contributed by atoms with Gasteiger partial charge >= 0.3 is 24.1 Å². The Morgan fingerprint density at radius 1 is 0.587 bits per heavy atom. The van der Waals surface area contributed by atoms with Crippen molar-refractivity contribution in [3.05, 3.63) is 4.84 Å². The third-order valence-electron chi connectivity index (χ3n) is 21.0. The molecule has 0 spiro atoms. The van der Waals surface area contributed by atoms with Gasteiger partial charge in [-0.1, -0.05) is 144 Å². The molecule has 3 saturated heterocycles. The smallest absolute Gasteiger partial charge is 0.408 e. The van der Waals surface area contributed by atoms with Crippen LogP contribution in [0.25, 0.3) is 4.84 Å². The number of likely N-dealkylation sites (N-methyl/N-ethyl adjacent to an activating group) is 1. The average molecular weight is 1320 g/mol. The summed E-state index contributed by atoms with van der Waals surface area (Å²) in [5, 5.41) is 11.3. The molecule has 6 N–H and O–H groups in total. The molecule has 92 heavy (non-hydrogen) atoms. The number of rotatable bonds is 17. The number of halogens is 1. The summed E-state index contributed by atoms with van der Waals surface area (Å²) in [7, 11) is 4.37. The lowest BCUT2D eigenvalue weighted by atomic mass is 9.80. The first-order chi connectivity index (χ1) is 41.7. The van der Waals surface area contributed by atoms with Gasteiger partial charge in [-0.15, -0.1) is 0 Å². The van der Waals surface area contributed by atoms with E-state index in [2.05, 4.69) is 67.6 Å². The van der Waals surface area contributed by atoms with Crippen molar-refractivity contribution in [1.29, 1.82) is 0 Å². The van der Waals surface area contributed by atoms with Gasteiger partial charge in [0.2, 0.25) is 35.3 Å². The number of primary amides is 1. The summed E-state index contributed by atoms with van der Waals surface area (Å²) in [5.74, 6) is -3.04. The highest BCUT2D eigenvalue weighted by atomic mass is 35.5. The number of nitrogens with zero attached hydrogens (tertiary/aromatic N) is 5. The van der Waals surface area contributed by atoms with Crippen LogP contribution in [-0.4, -0.2) is 186 Å². The Morgan fingerprint density at radius 3 is 1.33 bits per heavy atom. The highest BCUT2D eigenvalue weighted by Gasteiger charge is 2.72. The van der Waals surface area contributed by atoms with Gasteiger partial charge in [0.15, 0.2) is 0 Å². The molecule has 4 aliphatic carbocycles. The molecule has 0 bridgehead atoms. The van der Waals surface area contributed by atoms with Crippen molar-refractivity contribution in [3.63, 3.8) is 0 Å². The van der Waals surface area contributed by atoms with Crippen molar-refractivity contribution in [3.8, 4) is 0 Å². The first kappa shape index (κ1) is 76.9. The zero-order valence-electron chi connectivity index (χ0n) is 59.7. The molecule has 0 radical (unpaired) electrons. The van der Waals surface area contributed by atoms with Gasteiger partial charge in [-0.2, -0.15) is 0 Å². The van der Waals surface area contributed by atoms with Crippen LogP contribution in [0, 0.1) is 79.3 Å². The van der Waals surface area contributed by atoms with E-state index in [-0.39, 0.29) is 92.2 Å². The van der Waals surface area contributed by atoms with Crippen molar-refractivity contribution in [1.82, 2.24) is 40.9 Å². The summed E-state index contributed by atoms with van der Waals surface area (Å²) in [6.45, 7) is 43.9. The summed E-state index contributed by atoms with van der Waals surface area (Å²) in [6, 6.07) is -6.39. The fourth-order valence-electron chi connectivity index (χ4n) is 14.4. The number of hydrogen-bond donors (Lipinski definition) is 5. The van der Waals surface area contributed by atoms with E-state index in [4.69, 9.17) is 31.7 Å². The molecule has 4 saturated carbocycles. The van der Waals surface area contributed by atoms with Crippen molar-refractivity contribution >= 4 is 77.1 Å². The summed E-state index contributed by atoms with van der Waals surface area (Å²) in [6.07, 6.45) is 2.58. The zero-order chi connectivity index (χ0) is 70.6. The molecule has 3 heterocycles. The van der Waals surface area contributed by atoms with Gasteiger partial charge in [-0.05, 0) is 101 Å². The van der Waals surface area contributed by atoms with Crippen molar-refractivity contribution in [2.45, 2.75) is 232 Å². The van der Waals surface area contributed by atoms with Crippen molar-refractivity contribution in [2.24, 2.45) is 85.1 Å². The molecule has 522 valence electrons. The summed E-state index contributed by atoms with van der Waals surface area (Å²) >= 11 is 5.65. The summed E-state index contributed by atoms with van der Waals surface area (Å²) < 4.78 is 15.2. The number of nitrogens with one attached hydrogen (secondary N) is 4. The number of carbonyl (C=O) groups excluding carboxylic acids is 11. The van der Waals surface area contributed by atoms with Gasteiger partial charge in [-0.3, -0.25) is 45.3 Å². The monoisotopic (exact) mass is 1320 g/mol. The Kier molecular flexibility index (Phi) is 23.0. The molecule has 7 aliphatic rings. The van der Waals surface area contributed by atoms with E-state index in [1.807, 2.05) is 83.1 Å². The second-order valence-corrected chi connectivity index (χ2v) is 34.3. The van der Waals surface area contributed by atoms with Gasteiger partial charge in [-0.25, -0.2) is 19.2 Å². The number of alkyl carbamates (subject to hydrolysis) is 1. The number of amides is 9. The Labute approximate surface area is 551 Å². The van der Waals surface area contributed by atoms with E-state index in [1.54, 1.807) is 37.6 Å². The minimum Gasteiger partial charge on any atom is -0.564 e. The van der Waals surface area contributed by atoms with Gasteiger partial charge in [0, 0.05) is 52.0 Å². The number of methoxy groups -OCH3 is 2. The number of ketones is 1. The molecule has 24 nitrogen and oxygen atoms in total. The predicted molar refractivity (Wildman–Crippen MR) is 347 cm³/mol. The Hall–Kier alpha value is -5.78. The lowest BCUT2D eigenvalue weighted by Crippen LogP contribution is -2.62. The Balaban J connectivity index is 0.000000272. The van der Waals surface area contributed by atoms with E-state index in [1.165, 1.54) is 30.9 Å². The average Bonchev–Trinajstić information content (AvgIpc) is 1.54. The SMILES string of the molecule is CC(=O)N(C)C[C@@H](NC(=O)N[C@H](C(=O)N1C[C@H]2[C@@H]([C@H]1C(=O)NC(CC1CCC1)C(=O)C(N)=O)C2(C)C)C(C)(C)C)C(C)(C)C.COC(=O)[C@@H]1[C@@H]2[C@H](CN1C(=O)[C@@H](NC(=O)OC(C)(C)C)C(C)(C)C)C2(C)C.COC(=O)[C@@H]1[C@@H]2[C@H](CN1C(=O)[C@@H]([N-]Cl)C(C)(C)C)C2(C)C. The highest BCUT2D eigenvalue weighted by Crippen LogP contribution is 2.67. The molecule has 1 unspecified atom stereocenters. The minimum atomic E-state index is -1.09. The number of likely N-dealkylation sites (tertiary alicyclic amines) is 3. The second kappa shape index (κ2) is 27.5. The number of fused-ring (bicyclic) bond motifs is 3. The van der Waals surface area contributed by atoms with Crippen LogP contribution in [0.15, 0.2) is 0 Å². The standard InChI is InChI=1S/C32H54N6O6.C20H34N2O5.C15H24ClN2O3/c1-17(39)37(10)16-21(30(2,3)4)35-29(44)36-25(31(5,6)7)28(43)38-15-19-22(32(19,8)9)23(38)27(42)34-20(24(40)26(33)41)14-18-12-11-13-18;1-18(2,3)14(21-17(25)27-19(4,5)6)15(23)22-10-11-12(20(11,7)8)13(22)16(24)26-9;1-14(2,3)11(17-16)12(19)18-7-8-9(15(8,4)5)10(18)13(20)21-6/h18-23,25H,11-16H2,1-10H3,(H2,33,41)(H,34,42)(H2,35,36,44);11-14H,10H2,1-9H3,(H,21,25);8-11H,7H2,1-6H3/q;;-1/t19-,20?,21+,22-,23-,25+;11-,12-,13-,14+;8-,9-,10-,11+/m000/s1. The van der Waals surface area contributed by atoms with E-state index in [0.717, 1.165) is 19.3 Å². The first-order valence-corrected chi connectivity index (χ1v) is 32.9. The van der Waals surface area contributed by atoms with E-state index >= 15 is 0 Å². The topological polar surface area (TPSA) is 317 Å². The number of esters is 2. The van der Waals surface area contributed by atoms with Gasteiger partial charge < -0.3 is 65.6 Å². The van der Waals surface area contributed by atoms with Crippen molar-refractivity contribution in [2.75, 3.05) is 47.4 Å². The van der Waals surface area contributed by atoms with Gasteiger partial charge in [0.1, 0.15) is 35.8 Å². The quantitative estimate of drug-likeness (QED) is 0.0558. The van der Waals surface area contributed by atoms with Crippen molar-refractivity contribution < 1.29 is 67.0 Å². The maximum absolute atomic E-state index is 14.2. The third-order valence-corrected chi connectivity index (χ3v) is 21.2. The lowest BCUT2D eigenvalue weighted by Gasteiger charge is -2.42. The molecule has 7 rings (SSSR count). The maximum Gasteiger partial charge on any atom is 0.408 e. The number of piperidine rings is 3. The molecule has 14 atom stereocenters. The van der Waals surface area contributed by atoms with Gasteiger partial charge in [0.05, 0.1) is 26.3 Å². The molecule has 0 aromatic heterocycles. The molecular weight excluding hydrogens is 1200 g/mol. The predicted octanol–water partition coefficient (Wildman–Crippen LogP) is 6.97. The normalized spacial score (nSPS) is 27.0. The number of hydrogen-bond acceptors (Lipinski definition) is 14. The van der Waals surface area contributed by atoms with E-state index < -0.39 is 100 Å². The van der Waals surface area contributed by atoms with Gasteiger partial charge in [0.25, 0.3) is 5.91 Å². The number of urea groups is 1. The first-order valence-electron chi connectivity index (χ1n) is 32.6. The van der Waals surface area contributed by atoms with Crippen LogP contribution in [0.2, 0.25) is 0 Å². The molecule has 0 aromatic carbocycles. The third kappa shape index (κ3) is 17.0. The highest BCUT2D eigenvalue weighted by molar-refractivity contribution is 6.38. The lowest BCUT2D eigenvalue weighted by molar-refractivity contribution is -0.154. The number of nitrogens with two attached hydrogens (primary N) is 1. The zero-order valence-corrected chi connectivity index (χ0v) is 60.5. The molecular formula is C67H112ClN10O14-. The molecule has 0 aromatic rings. The van der Waals surface area contributed by atoms with Crippen LogP contribution in [0.5, 0.6) is 0 Å². The van der Waals surface area contributed by atoms with E-state index in [0.29, 0.717) is 38.5 Å². The number of Topliss-reactive ketones (excluding diaryl/α,β-unsaturated/α-hetero) is 1. The summed E-state index contributed by atoms with van der Waals surface area (Å²) in [5.41, 5.74) is 2.56. The van der Waals surface area contributed by atoms with Crippen LogP contribution in [0.1, 0.15) is 178 Å². The van der Waals surface area contributed by atoms with E-state index in [9.17, 15) is 52.7 Å².